The summed E-state index contributed by atoms with van der Waals surface area (Å²) in [6.07, 6.45) is 0. The molecule has 0 fully saturated rings. The molecule has 0 bridgehead atoms. The lowest BCUT2D eigenvalue weighted by Crippen LogP contribution is -2.10. The lowest BCUT2D eigenvalue weighted by atomic mass is 10.2. The first-order valence-electron chi connectivity index (χ1n) is 6.16. The van der Waals surface area contributed by atoms with Crippen LogP contribution in [-0.2, 0) is 0 Å². The Balaban J connectivity index is 2.11. The first-order valence-corrected chi connectivity index (χ1v) is 6.57. The average molecular weight is 289 g/mol. The minimum absolute atomic E-state index is 0.00452. The number of thiocarbonyl (C=S) groups is 1. The standard InChI is InChI=1S/C15H15NO3S/c1-2-19-12-6-3-10(4-7-12)16-15(20)13-8-5-11(17)9-14(13)18/h3-9,17-18H,2H2,1H3,(H,16,20). The monoisotopic (exact) mass is 289 g/mol. The minimum Gasteiger partial charge on any atom is -0.508 e. The van der Waals surface area contributed by atoms with Crippen molar-refractivity contribution < 1.29 is 14.9 Å². The smallest absolute Gasteiger partial charge is 0.129 e. The molecule has 4 nitrogen and oxygen atoms in total. The Hall–Kier alpha value is -2.27. The molecule has 0 spiro atoms. The van der Waals surface area contributed by atoms with E-state index in [-0.39, 0.29) is 11.5 Å². The van der Waals surface area contributed by atoms with E-state index in [1.165, 1.54) is 12.1 Å². The van der Waals surface area contributed by atoms with E-state index in [4.69, 9.17) is 17.0 Å². The van der Waals surface area contributed by atoms with Crippen LogP contribution in [0, 0.1) is 0 Å². The fourth-order valence-corrected chi connectivity index (χ4v) is 2.00. The molecule has 0 heterocycles. The Kier molecular flexibility index (Phi) is 4.42. The third-order valence-corrected chi connectivity index (χ3v) is 2.97. The van der Waals surface area contributed by atoms with Crippen molar-refractivity contribution in [1.29, 1.82) is 0 Å². The highest BCUT2D eigenvalue weighted by atomic mass is 32.1. The van der Waals surface area contributed by atoms with Crippen molar-refractivity contribution in [2.45, 2.75) is 6.92 Å². The van der Waals surface area contributed by atoms with Gasteiger partial charge in [-0.15, -0.1) is 0 Å². The van der Waals surface area contributed by atoms with Gasteiger partial charge in [-0.25, -0.2) is 0 Å². The molecule has 104 valence electrons. The minimum atomic E-state index is -0.0616. The fourth-order valence-electron chi connectivity index (χ4n) is 1.71. The summed E-state index contributed by atoms with van der Waals surface area (Å²) in [6.45, 7) is 2.54. The highest BCUT2D eigenvalue weighted by Crippen LogP contribution is 2.24. The van der Waals surface area contributed by atoms with Crippen molar-refractivity contribution in [3.8, 4) is 17.2 Å². The van der Waals surface area contributed by atoms with Crippen molar-refractivity contribution in [2.24, 2.45) is 0 Å². The molecular weight excluding hydrogens is 274 g/mol. The molecule has 0 aliphatic heterocycles. The second-order valence-corrected chi connectivity index (χ2v) is 4.52. The molecule has 5 heteroatoms. The Morgan fingerprint density at radius 1 is 1.15 bits per heavy atom. The number of benzene rings is 2. The second-order valence-electron chi connectivity index (χ2n) is 4.11. The van der Waals surface area contributed by atoms with Gasteiger partial charge in [0.1, 0.15) is 22.2 Å². The fraction of sp³-hybridized carbons (Fsp3) is 0.133. The van der Waals surface area contributed by atoms with Crippen LogP contribution in [0.4, 0.5) is 5.69 Å². The van der Waals surface area contributed by atoms with Gasteiger partial charge in [-0.05, 0) is 43.3 Å². The largest absolute Gasteiger partial charge is 0.508 e. The molecule has 2 aromatic rings. The molecule has 0 aromatic heterocycles. The number of anilines is 1. The van der Waals surface area contributed by atoms with Gasteiger partial charge in [0.05, 0.1) is 12.2 Å². The molecule has 0 aliphatic carbocycles. The SMILES string of the molecule is CCOc1ccc(NC(=S)c2ccc(O)cc2O)cc1. The molecule has 0 amide bonds. The van der Waals surface area contributed by atoms with Gasteiger partial charge in [-0.1, -0.05) is 12.2 Å². The zero-order chi connectivity index (χ0) is 14.5. The van der Waals surface area contributed by atoms with E-state index in [0.717, 1.165) is 11.4 Å². The first-order chi connectivity index (χ1) is 9.60. The Morgan fingerprint density at radius 2 is 1.85 bits per heavy atom. The van der Waals surface area contributed by atoms with Crippen molar-refractivity contribution >= 4 is 22.9 Å². The summed E-state index contributed by atoms with van der Waals surface area (Å²) in [5.74, 6) is 0.722. The number of hydrogen-bond donors (Lipinski definition) is 3. The van der Waals surface area contributed by atoms with Gasteiger partial charge in [-0.2, -0.15) is 0 Å². The summed E-state index contributed by atoms with van der Waals surface area (Å²) >= 11 is 5.23. The normalized spacial score (nSPS) is 10.1. The predicted molar refractivity (Wildman–Crippen MR) is 82.7 cm³/mol. The molecule has 0 saturated carbocycles. The predicted octanol–water partition coefficient (Wildman–Crippen LogP) is 3.28. The van der Waals surface area contributed by atoms with Crippen LogP contribution in [0.15, 0.2) is 42.5 Å². The van der Waals surface area contributed by atoms with E-state index in [2.05, 4.69) is 5.32 Å². The highest BCUT2D eigenvalue weighted by molar-refractivity contribution is 7.81. The van der Waals surface area contributed by atoms with Crippen LogP contribution in [0.5, 0.6) is 17.2 Å². The van der Waals surface area contributed by atoms with E-state index < -0.39 is 0 Å². The lowest BCUT2D eigenvalue weighted by molar-refractivity contribution is 0.340. The zero-order valence-electron chi connectivity index (χ0n) is 11.0. The Bertz CT molecular complexity index is 611. The molecule has 20 heavy (non-hydrogen) atoms. The maximum atomic E-state index is 9.75. The summed E-state index contributed by atoms with van der Waals surface area (Å²) in [5, 5.41) is 22.0. The summed E-state index contributed by atoms with van der Waals surface area (Å²) in [6, 6.07) is 11.6. The van der Waals surface area contributed by atoms with Crippen LogP contribution in [0.2, 0.25) is 0 Å². The zero-order valence-corrected chi connectivity index (χ0v) is 11.8. The van der Waals surface area contributed by atoms with Gasteiger partial charge in [0, 0.05) is 11.8 Å². The lowest BCUT2D eigenvalue weighted by Gasteiger charge is -2.10. The van der Waals surface area contributed by atoms with Crippen molar-refractivity contribution in [3.63, 3.8) is 0 Å². The maximum absolute atomic E-state index is 9.75. The number of aromatic hydroxyl groups is 2. The number of hydrogen-bond acceptors (Lipinski definition) is 4. The average Bonchev–Trinajstić information content (AvgIpc) is 2.41. The molecule has 0 unspecified atom stereocenters. The van der Waals surface area contributed by atoms with Crippen LogP contribution >= 0.6 is 12.2 Å². The number of nitrogens with one attached hydrogen (secondary N) is 1. The van der Waals surface area contributed by atoms with Gasteiger partial charge < -0.3 is 20.3 Å². The third-order valence-electron chi connectivity index (χ3n) is 2.65. The second kappa shape index (κ2) is 6.25. The van der Waals surface area contributed by atoms with Crippen molar-refractivity contribution in [1.82, 2.24) is 0 Å². The summed E-state index contributed by atoms with van der Waals surface area (Å²) in [5.41, 5.74) is 1.26. The van der Waals surface area contributed by atoms with Crippen LogP contribution in [-0.4, -0.2) is 21.8 Å². The maximum Gasteiger partial charge on any atom is 0.129 e. The topological polar surface area (TPSA) is 61.7 Å². The van der Waals surface area contributed by atoms with Gasteiger partial charge >= 0.3 is 0 Å². The molecule has 0 atom stereocenters. The summed E-state index contributed by atoms with van der Waals surface area (Å²) in [7, 11) is 0. The van der Waals surface area contributed by atoms with E-state index in [1.54, 1.807) is 6.07 Å². The van der Waals surface area contributed by atoms with Crippen LogP contribution in [0.25, 0.3) is 0 Å². The van der Waals surface area contributed by atoms with Gasteiger partial charge in [0.2, 0.25) is 0 Å². The van der Waals surface area contributed by atoms with Gasteiger partial charge in [0.25, 0.3) is 0 Å². The van der Waals surface area contributed by atoms with Crippen LogP contribution in [0.1, 0.15) is 12.5 Å². The number of phenols is 2. The number of rotatable bonds is 4. The van der Waals surface area contributed by atoms with E-state index in [0.29, 0.717) is 17.2 Å². The van der Waals surface area contributed by atoms with E-state index >= 15 is 0 Å². The molecule has 0 radical (unpaired) electrons. The Labute approximate surface area is 122 Å². The molecule has 0 aliphatic rings. The summed E-state index contributed by atoms with van der Waals surface area (Å²) < 4.78 is 5.35. The summed E-state index contributed by atoms with van der Waals surface area (Å²) in [4.78, 5) is 0.381. The molecular formula is C15H15NO3S. The van der Waals surface area contributed by atoms with Gasteiger partial charge in [-0.3, -0.25) is 0 Å². The molecule has 2 aromatic carbocycles. The highest BCUT2D eigenvalue weighted by Gasteiger charge is 2.08. The number of ether oxygens (including phenoxy) is 1. The Morgan fingerprint density at radius 3 is 2.45 bits per heavy atom. The van der Waals surface area contributed by atoms with Crippen molar-refractivity contribution in [2.75, 3.05) is 11.9 Å². The molecule has 0 saturated heterocycles. The van der Waals surface area contributed by atoms with Crippen LogP contribution in [0.3, 0.4) is 0 Å². The molecule has 3 N–H and O–H groups in total. The van der Waals surface area contributed by atoms with E-state index in [9.17, 15) is 10.2 Å². The quantitative estimate of drug-likeness (QED) is 0.754. The number of phenolic OH excluding ortho intramolecular Hbond substituents is 2. The van der Waals surface area contributed by atoms with Crippen molar-refractivity contribution in [3.05, 3.63) is 48.0 Å². The van der Waals surface area contributed by atoms with E-state index in [1.807, 2.05) is 31.2 Å². The molecule has 2 rings (SSSR count). The van der Waals surface area contributed by atoms with Gasteiger partial charge in [0.15, 0.2) is 0 Å². The first kappa shape index (κ1) is 14.1. The third kappa shape index (κ3) is 3.39. The van der Waals surface area contributed by atoms with Crippen LogP contribution < -0.4 is 10.1 Å².